The van der Waals surface area contributed by atoms with E-state index in [2.05, 4.69) is 153 Å². The van der Waals surface area contributed by atoms with E-state index in [1.807, 2.05) is 0 Å². The third kappa shape index (κ3) is 3.94. The summed E-state index contributed by atoms with van der Waals surface area (Å²) in [4.78, 5) is 15.7. The van der Waals surface area contributed by atoms with E-state index in [0.717, 1.165) is 38.2 Å². The highest BCUT2D eigenvalue weighted by molar-refractivity contribution is 5.99. The Morgan fingerprint density at radius 2 is 0.800 bits per heavy atom. The fourth-order valence-electron chi connectivity index (χ4n) is 7.33. The second kappa shape index (κ2) is 9.67. The maximum atomic E-state index is 5.27. The molecule has 3 heteroatoms. The molecule has 9 rings (SSSR count). The number of aromatic nitrogens is 3. The maximum absolute atomic E-state index is 5.27. The fraction of sp³-hybridized carbons (Fsp3) is 0.0714. The van der Waals surface area contributed by atoms with Gasteiger partial charge >= 0.3 is 0 Å². The summed E-state index contributed by atoms with van der Waals surface area (Å²) in [7, 11) is 0. The van der Waals surface area contributed by atoms with Crippen LogP contribution in [-0.4, -0.2) is 15.0 Å². The first-order chi connectivity index (χ1) is 22.1. The third-order valence-corrected chi connectivity index (χ3v) is 9.48. The number of rotatable bonds is 3. The third-order valence-electron chi connectivity index (χ3n) is 9.48. The molecule has 0 saturated carbocycles. The van der Waals surface area contributed by atoms with Gasteiger partial charge in [0, 0.05) is 22.1 Å². The standard InChI is InChI=1S/C42H29N3/c1-42(2)37-25-29-15-4-3-14-28(29)24-36(37)32-20-11-23-35(38(32)42)41-44-39(33-21-9-16-26-12-5-7-18-30(26)33)43-40(45-41)34-22-10-17-27-13-6-8-19-31(27)34/h3-25H,1-2H3. The predicted octanol–water partition coefficient (Wildman–Crippen LogP) is 10.6. The van der Waals surface area contributed by atoms with Crippen LogP contribution in [0.5, 0.6) is 0 Å². The first kappa shape index (κ1) is 25.8. The van der Waals surface area contributed by atoms with Crippen molar-refractivity contribution in [1.29, 1.82) is 0 Å². The van der Waals surface area contributed by atoms with E-state index in [1.54, 1.807) is 0 Å². The molecule has 0 bridgehead atoms. The Balaban J connectivity index is 1.33. The van der Waals surface area contributed by atoms with Crippen molar-refractivity contribution in [3.8, 4) is 45.3 Å². The van der Waals surface area contributed by atoms with E-state index in [4.69, 9.17) is 15.0 Å². The van der Waals surface area contributed by atoms with Gasteiger partial charge in [0.1, 0.15) is 0 Å². The van der Waals surface area contributed by atoms with E-state index in [0.29, 0.717) is 17.5 Å². The van der Waals surface area contributed by atoms with Crippen molar-refractivity contribution in [3.05, 3.63) is 151 Å². The Labute approximate surface area is 261 Å². The molecule has 0 spiro atoms. The summed E-state index contributed by atoms with van der Waals surface area (Å²) < 4.78 is 0. The van der Waals surface area contributed by atoms with Crippen molar-refractivity contribution in [2.75, 3.05) is 0 Å². The second-order valence-electron chi connectivity index (χ2n) is 12.5. The van der Waals surface area contributed by atoms with Gasteiger partial charge in [0.05, 0.1) is 0 Å². The van der Waals surface area contributed by atoms with Gasteiger partial charge in [-0.1, -0.05) is 141 Å². The highest BCUT2D eigenvalue weighted by Crippen LogP contribution is 2.53. The van der Waals surface area contributed by atoms with Crippen LogP contribution in [-0.2, 0) is 5.41 Å². The van der Waals surface area contributed by atoms with Gasteiger partial charge in [-0.3, -0.25) is 0 Å². The quantitative estimate of drug-likeness (QED) is 0.210. The molecule has 0 amide bonds. The Morgan fingerprint density at radius 1 is 0.378 bits per heavy atom. The zero-order valence-corrected chi connectivity index (χ0v) is 25.1. The summed E-state index contributed by atoms with van der Waals surface area (Å²) in [6.45, 7) is 4.66. The van der Waals surface area contributed by atoms with Crippen LogP contribution in [0, 0.1) is 0 Å². The summed E-state index contributed by atoms with van der Waals surface area (Å²) in [5.41, 5.74) is 7.93. The Kier molecular flexibility index (Phi) is 5.54. The first-order valence-corrected chi connectivity index (χ1v) is 15.5. The molecule has 0 fully saturated rings. The lowest BCUT2D eigenvalue weighted by atomic mass is 9.79. The van der Waals surface area contributed by atoms with Crippen LogP contribution in [0.2, 0.25) is 0 Å². The lowest BCUT2D eigenvalue weighted by Crippen LogP contribution is -2.17. The maximum Gasteiger partial charge on any atom is 0.164 e. The second-order valence-corrected chi connectivity index (χ2v) is 12.5. The molecule has 45 heavy (non-hydrogen) atoms. The molecular formula is C42H29N3. The summed E-state index contributed by atoms with van der Waals surface area (Å²) in [6, 6.07) is 49.5. The molecule has 0 atom stereocenters. The smallest absolute Gasteiger partial charge is 0.164 e. The van der Waals surface area contributed by atoms with Crippen molar-refractivity contribution in [2.24, 2.45) is 0 Å². The van der Waals surface area contributed by atoms with E-state index >= 15 is 0 Å². The molecule has 7 aromatic carbocycles. The zero-order valence-electron chi connectivity index (χ0n) is 25.1. The van der Waals surface area contributed by atoms with Gasteiger partial charge < -0.3 is 0 Å². The largest absolute Gasteiger partial charge is 0.208 e. The number of fused-ring (bicyclic) bond motifs is 6. The van der Waals surface area contributed by atoms with Crippen LogP contribution in [0.15, 0.2) is 140 Å². The predicted molar refractivity (Wildman–Crippen MR) is 186 cm³/mol. The number of benzene rings is 7. The van der Waals surface area contributed by atoms with E-state index in [1.165, 1.54) is 33.0 Å². The van der Waals surface area contributed by atoms with Gasteiger partial charge in [-0.05, 0) is 66.7 Å². The van der Waals surface area contributed by atoms with Crippen LogP contribution in [0.4, 0.5) is 0 Å². The van der Waals surface area contributed by atoms with Crippen LogP contribution in [0.1, 0.15) is 25.0 Å². The minimum atomic E-state index is -0.239. The molecule has 0 N–H and O–H groups in total. The fourth-order valence-corrected chi connectivity index (χ4v) is 7.33. The van der Waals surface area contributed by atoms with Crippen molar-refractivity contribution in [1.82, 2.24) is 15.0 Å². The summed E-state index contributed by atoms with van der Waals surface area (Å²) in [5.74, 6) is 2.05. The Hall–Kier alpha value is -5.67. The zero-order chi connectivity index (χ0) is 30.1. The molecule has 8 aromatic rings. The van der Waals surface area contributed by atoms with Crippen LogP contribution in [0.25, 0.3) is 77.6 Å². The van der Waals surface area contributed by atoms with Crippen molar-refractivity contribution in [2.45, 2.75) is 19.3 Å². The highest BCUT2D eigenvalue weighted by Gasteiger charge is 2.38. The summed E-state index contributed by atoms with van der Waals surface area (Å²) in [6.07, 6.45) is 0. The molecule has 0 saturated heterocycles. The van der Waals surface area contributed by atoms with E-state index < -0.39 is 0 Å². The number of hydrogen-bond donors (Lipinski definition) is 0. The summed E-state index contributed by atoms with van der Waals surface area (Å²) >= 11 is 0. The molecule has 3 nitrogen and oxygen atoms in total. The Morgan fingerprint density at radius 3 is 1.40 bits per heavy atom. The van der Waals surface area contributed by atoms with Crippen LogP contribution >= 0.6 is 0 Å². The van der Waals surface area contributed by atoms with Crippen molar-refractivity contribution in [3.63, 3.8) is 0 Å². The number of nitrogens with zero attached hydrogens (tertiary/aromatic N) is 3. The molecule has 0 radical (unpaired) electrons. The molecule has 1 heterocycles. The molecule has 1 aliphatic carbocycles. The monoisotopic (exact) mass is 575 g/mol. The van der Waals surface area contributed by atoms with Crippen molar-refractivity contribution >= 4 is 32.3 Å². The summed E-state index contributed by atoms with van der Waals surface area (Å²) in [5, 5.41) is 7.08. The van der Waals surface area contributed by atoms with Crippen molar-refractivity contribution < 1.29 is 0 Å². The minimum absolute atomic E-state index is 0.239. The minimum Gasteiger partial charge on any atom is -0.208 e. The van der Waals surface area contributed by atoms with Gasteiger partial charge in [-0.25, -0.2) is 15.0 Å². The van der Waals surface area contributed by atoms with Crippen LogP contribution < -0.4 is 0 Å². The normalized spacial score (nSPS) is 13.3. The Bertz CT molecular complexity index is 2360. The van der Waals surface area contributed by atoms with Crippen LogP contribution in [0.3, 0.4) is 0 Å². The highest BCUT2D eigenvalue weighted by atomic mass is 15.0. The van der Waals surface area contributed by atoms with E-state index in [9.17, 15) is 0 Å². The lowest BCUT2D eigenvalue weighted by Gasteiger charge is -2.24. The van der Waals surface area contributed by atoms with Gasteiger partial charge in [-0.2, -0.15) is 0 Å². The lowest BCUT2D eigenvalue weighted by molar-refractivity contribution is 0.662. The van der Waals surface area contributed by atoms with Gasteiger partial charge in [0.15, 0.2) is 17.5 Å². The van der Waals surface area contributed by atoms with Gasteiger partial charge in [-0.15, -0.1) is 0 Å². The first-order valence-electron chi connectivity index (χ1n) is 15.5. The molecular weight excluding hydrogens is 546 g/mol. The molecule has 212 valence electrons. The average Bonchev–Trinajstić information content (AvgIpc) is 3.32. The van der Waals surface area contributed by atoms with Gasteiger partial charge in [0.2, 0.25) is 0 Å². The molecule has 0 unspecified atom stereocenters. The molecule has 1 aromatic heterocycles. The number of hydrogen-bond acceptors (Lipinski definition) is 3. The van der Waals surface area contributed by atoms with E-state index in [-0.39, 0.29) is 5.41 Å². The molecule has 0 aliphatic heterocycles. The van der Waals surface area contributed by atoms with Gasteiger partial charge in [0.25, 0.3) is 0 Å². The topological polar surface area (TPSA) is 38.7 Å². The SMILES string of the molecule is CC1(C)c2cc3ccccc3cc2-c2cccc(-c3nc(-c4cccc5ccccc45)nc(-c4cccc5ccccc45)n3)c21. The molecule has 1 aliphatic rings. The average molecular weight is 576 g/mol.